The highest BCUT2D eigenvalue weighted by Gasteiger charge is 2.24. The summed E-state index contributed by atoms with van der Waals surface area (Å²) in [4.78, 5) is 4.30. The number of ether oxygens (including phenoxy) is 1. The van der Waals surface area contributed by atoms with Crippen LogP contribution in [0.15, 0.2) is 42.6 Å². The van der Waals surface area contributed by atoms with Gasteiger partial charge in [-0.2, -0.15) is 5.10 Å². The maximum Gasteiger partial charge on any atom is 0.212 e. The summed E-state index contributed by atoms with van der Waals surface area (Å²) in [5, 5.41) is 15.1. The van der Waals surface area contributed by atoms with Gasteiger partial charge in [-0.25, -0.2) is 4.98 Å². The van der Waals surface area contributed by atoms with Crippen molar-refractivity contribution in [1.82, 2.24) is 15.2 Å². The number of aromatic nitrogens is 3. The Bertz CT molecular complexity index is 947. The standard InChI is InChI=1S/C24H30N4O/c1-16(2)18-9-11-19(12-10-18)26-24-21-7-5-4-6-20(21)22(27-28-24)14-17-8-13-23(29-3)25-15-17/h4-8,13,15-16,18-19H,9-12,14H2,1-3H3,(H,26,28). The first-order valence-electron chi connectivity index (χ1n) is 10.6. The van der Waals surface area contributed by atoms with Gasteiger partial charge >= 0.3 is 0 Å². The molecule has 2 heterocycles. The molecular formula is C24H30N4O. The zero-order chi connectivity index (χ0) is 20.2. The molecule has 0 bridgehead atoms. The molecule has 4 rings (SSSR count). The SMILES string of the molecule is COc1ccc(Cc2nnc(NC3CCC(C(C)C)CC3)c3ccccc23)cn1. The van der Waals surface area contributed by atoms with Crippen molar-refractivity contribution in [2.24, 2.45) is 11.8 Å². The van der Waals surface area contributed by atoms with Crippen molar-refractivity contribution < 1.29 is 4.74 Å². The average molecular weight is 391 g/mol. The number of nitrogens with zero attached hydrogens (tertiary/aromatic N) is 3. The zero-order valence-corrected chi connectivity index (χ0v) is 17.6. The number of methoxy groups -OCH3 is 1. The highest BCUT2D eigenvalue weighted by atomic mass is 16.5. The third kappa shape index (κ3) is 4.50. The first kappa shape index (κ1) is 19.6. The van der Waals surface area contributed by atoms with Crippen molar-refractivity contribution in [2.75, 3.05) is 12.4 Å². The quantitative estimate of drug-likeness (QED) is 0.623. The molecule has 0 radical (unpaired) electrons. The molecule has 5 nitrogen and oxygen atoms in total. The maximum absolute atomic E-state index is 5.15. The smallest absolute Gasteiger partial charge is 0.212 e. The fourth-order valence-electron chi connectivity index (χ4n) is 4.35. The van der Waals surface area contributed by atoms with Gasteiger partial charge in [0, 0.05) is 35.5 Å². The normalized spacial score (nSPS) is 19.4. The van der Waals surface area contributed by atoms with Gasteiger partial charge in [-0.15, -0.1) is 5.10 Å². The van der Waals surface area contributed by atoms with E-state index in [9.17, 15) is 0 Å². The molecule has 5 heteroatoms. The summed E-state index contributed by atoms with van der Waals surface area (Å²) in [6.07, 6.45) is 7.54. The molecule has 0 unspecified atom stereocenters. The monoisotopic (exact) mass is 390 g/mol. The highest BCUT2D eigenvalue weighted by Crippen LogP contribution is 2.32. The van der Waals surface area contributed by atoms with Gasteiger partial charge in [0.25, 0.3) is 0 Å². The minimum Gasteiger partial charge on any atom is -0.481 e. The molecule has 29 heavy (non-hydrogen) atoms. The summed E-state index contributed by atoms with van der Waals surface area (Å²) in [7, 11) is 1.63. The molecule has 0 spiro atoms. The lowest BCUT2D eigenvalue weighted by Crippen LogP contribution is -2.28. The van der Waals surface area contributed by atoms with E-state index in [0.29, 0.717) is 18.3 Å². The summed E-state index contributed by atoms with van der Waals surface area (Å²) in [6.45, 7) is 4.68. The van der Waals surface area contributed by atoms with Crippen LogP contribution in [-0.2, 0) is 6.42 Å². The number of pyridine rings is 1. The number of rotatable bonds is 6. The van der Waals surface area contributed by atoms with E-state index in [1.54, 1.807) is 7.11 Å². The lowest BCUT2D eigenvalue weighted by atomic mass is 9.80. The molecule has 0 saturated heterocycles. The van der Waals surface area contributed by atoms with Crippen molar-refractivity contribution in [3.8, 4) is 5.88 Å². The Morgan fingerprint density at radius 3 is 2.41 bits per heavy atom. The highest BCUT2D eigenvalue weighted by molar-refractivity contribution is 5.93. The number of benzene rings is 1. The molecule has 1 N–H and O–H groups in total. The summed E-state index contributed by atoms with van der Waals surface area (Å²) >= 11 is 0. The van der Waals surface area contributed by atoms with Crippen LogP contribution in [0.25, 0.3) is 10.8 Å². The molecule has 1 fully saturated rings. The predicted molar refractivity (Wildman–Crippen MR) is 117 cm³/mol. The topological polar surface area (TPSA) is 59.9 Å². The van der Waals surface area contributed by atoms with Crippen LogP contribution in [0.3, 0.4) is 0 Å². The summed E-state index contributed by atoms with van der Waals surface area (Å²) in [6, 6.07) is 12.8. The van der Waals surface area contributed by atoms with Gasteiger partial charge in [0.05, 0.1) is 12.8 Å². The van der Waals surface area contributed by atoms with E-state index in [1.807, 2.05) is 18.3 Å². The largest absolute Gasteiger partial charge is 0.481 e. The first-order valence-corrected chi connectivity index (χ1v) is 10.6. The third-order valence-corrected chi connectivity index (χ3v) is 6.20. The lowest BCUT2D eigenvalue weighted by molar-refractivity contribution is 0.266. The van der Waals surface area contributed by atoms with Crippen molar-refractivity contribution in [2.45, 2.75) is 52.0 Å². The van der Waals surface area contributed by atoms with E-state index in [2.05, 4.69) is 58.6 Å². The second-order valence-corrected chi connectivity index (χ2v) is 8.43. The molecule has 1 aliphatic rings. The second kappa shape index (κ2) is 8.76. The van der Waals surface area contributed by atoms with Crippen molar-refractivity contribution in [3.63, 3.8) is 0 Å². The van der Waals surface area contributed by atoms with Gasteiger partial charge in [0.15, 0.2) is 5.82 Å². The van der Waals surface area contributed by atoms with Gasteiger partial charge in [0.2, 0.25) is 5.88 Å². The van der Waals surface area contributed by atoms with Crippen LogP contribution in [0.2, 0.25) is 0 Å². The van der Waals surface area contributed by atoms with E-state index in [1.165, 1.54) is 25.7 Å². The molecule has 0 amide bonds. The van der Waals surface area contributed by atoms with Gasteiger partial charge in [0.1, 0.15) is 0 Å². The third-order valence-electron chi connectivity index (χ3n) is 6.20. The van der Waals surface area contributed by atoms with Crippen molar-refractivity contribution in [3.05, 3.63) is 53.9 Å². The van der Waals surface area contributed by atoms with E-state index in [4.69, 9.17) is 4.74 Å². The van der Waals surface area contributed by atoms with Gasteiger partial charge in [-0.3, -0.25) is 0 Å². The lowest BCUT2D eigenvalue weighted by Gasteiger charge is -2.31. The fourth-order valence-corrected chi connectivity index (χ4v) is 4.35. The Labute approximate surface area is 172 Å². The van der Waals surface area contributed by atoms with Gasteiger partial charge < -0.3 is 10.1 Å². The second-order valence-electron chi connectivity index (χ2n) is 8.43. The van der Waals surface area contributed by atoms with Crippen LogP contribution in [0.5, 0.6) is 5.88 Å². The predicted octanol–water partition coefficient (Wildman–Crippen LogP) is 5.25. The summed E-state index contributed by atoms with van der Waals surface area (Å²) in [5.41, 5.74) is 2.07. The fraction of sp³-hybridized carbons (Fsp3) is 0.458. The molecule has 1 aliphatic carbocycles. The molecule has 1 aromatic carbocycles. The molecular weight excluding hydrogens is 360 g/mol. The van der Waals surface area contributed by atoms with Crippen molar-refractivity contribution in [1.29, 1.82) is 0 Å². The van der Waals surface area contributed by atoms with E-state index >= 15 is 0 Å². The number of nitrogens with one attached hydrogen (secondary N) is 1. The number of hydrogen-bond donors (Lipinski definition) is 1. The van der Waals surface area contributed by atoms with Crippen LogP contribution in [0.4, 0.5) is 5.82 Å². The minimum absolute atomic E-state index is 0.486. The first-order chi connectivity index (χ1) is 14.1. The van der Waals surface area contributed by atoms with Crippen LogP contribution in [-0.4, -0.2) is 28.3 Å². The Balaban J connectivity index is 1.54. The average Bonchev–Trinajstić information content (AvgIpc) is 2.76. The minimum atomic E-state index is 0.486. The summed E-state index contributed by atoms with van der Waals surface area (Å²) < 4.78 is 5.15. The van der Waals surface area contributed by atoms with Gasteiger partial charge in [-0.05, 0) is 43.1 Å². The molecule has 0 atom stereocenters. The van der Waals surface area contributed by atoms with Crippen LogP contribution < -0.4 is 10.1 Å². The van der Waals surface area contributed by atoms with E-state index in [0.717, 1.165) is 39.7 Å². The number of hydrogen-bond acceptors (Lipinski definition) is 5. The Kier molecular flexibility index (Phi) is 5.93. The Hall–Kier alpha value is -2.69. The molecule has 0 aliphatic heterocycles. The Morgan fingerprint density at radius 1 is 1.00 bits per heavy atom. The maximum atomic E-state index is 5.15. The van der Waals surface area contributed by atoms with Crippen LogP contribution in [0, 0.1) is 11.8 Å². The van der Waals surface area contributed by atoms with Crippen LogP contribution in [0.1, 0.15) is 50.8 Å². The van der Waals surface area contributed by atoms with E-state index < -0.39 is 0 Å². The molecule has 1 saturated carbocycles. The number of fused-ring (bicyclic) bond motifs is 1. The Morgan fingerprint density at radius 2 is 1.76 bits per heavy atom. The van der Waals surface area contributed by atoms with Crippen molar-refractivity contribution >= 4 is 16.6 Å². The molecule has 2 aromatic heterocycles. The van der Waals surface area contributed by atoms with Crippen LogP contribution >= 0.6 is 0 Å². The zero-order valence-electron chi connectivity index (χ0n) is 17.6. The van der Waals surface area contributed by atoms with E-state index in [-0.39, 0.29) is 0 Å². The molecule has 3 aromatic rings. The van der Waals surface area contributed by atoms with Gasteiger partial charge in [-0.1, -0.05) is 44.2 Å². The summed E-state index contributed by atoms with van der Waals surface area (Å²) in [5.74, 6) is 3.17. The number of anilines is 1. The molecule has 152 valence electrons.